The first kappa shape index (κ1) is 26.6. The molecule has 1 aliphatic heterocycles. The Labute approximate surface area is 201 Å². The second-order valence-electron chi connectivity index (χ2n) is 7.67. The van der Waals surface area contributed by atoms with Gasteiger partial charge in [0.2, 0.25) is 11.8 Å². The molecule has 2 amide bonds. The van der Waals surface area contributed by atoms with E-state index in [-0.39, 0.29) is 48.4 Å². The molecular weight excluding hydrogens is 515 g/mol. The molecule has 0 spiro atoms. The summed E-state index contributed by atoms with van der Waals surface area (Å²) in [6.07, 6.45) is 0.924. The summed E-state index contributed by atoms with van der Waals surface area (Å²) >= 11 is 1.74. The van der Waals surface area contributed by atoms with Crippen LogP contribution in [-0.4, -0.2) is 98.4 Å². The fourth-order valence-electron chi connectivity index (χ4n) is 2.99. The van der Waals surface area contributed by atoms with Crippen molar-refractivity contribution in [3.63, 3.8) is 0 Å². The third-order valence-electron chi connectivity index (χ3n) is 4.59. The highest BCUT2D eigenvalue weighted by molar-refractivity contribution is 14.0. The molecule has 30 heavy (non-hydrogen) atoms. The lowest BCUT2D eigenvalue weighted by atomic mass is 10.3. The van der Waals surface area contributed by atoms with E-state index >= 15 is 0 Å². The summed E-state index contributed by atoms with van der Waals surface area (Å²) in [6.45, 7) is 8.38. The van der Waals surface area contributed by atoms with Crippen LogP contribution in [0.25, 0.3) is 0 Å². The van der Waals surface area contributed by atoms with Gasteiger partial charge in [-0.1, -0.05) is 6.07 Å². The molecule has 0 radical (unpaired) electrons. The van der Waals surface area contributed by atoms with Crippen molar-refractivity contribution in [2.45, 2.75) is 26.3 Å². The Bertz CT molecular complexity index is 673. The van der Waals surface area contributed by atoms with E-state index in [0.717, 1.165) is 45.1 Å². The van der Waals surface area contributed by atoms with Gasteiger partial charge in [0.1, 0.15) is 6.54 Å². The molecule has 2 heterocycles. The summed E-state index contributed by atoms with van der Waals surface area (Å²) in [4.78, 5) is 35.7. The first-order valence-electron chi connectivity index (χ1n) is 10.1. The van der Waals surface area contributed by atoms with Crippen LogP contribution in [-0.2, 0) is 16.0 Å². The Morgan fingerprint density at radius 1 is 1.23 bits per heavy atom. The van der Waals surface area contributed by atoms with E-state index in [9.17, 15) is 9.59 Å². The van der Waals surface area contributed by atoms with Gasteiger partial charge >= 0.3 is 0 Å². The number of carbonyl (C=O) groups excluding carboxylic acids is 2. The van der Waals surface area contributed by atoms with Crippen LogP contribution in [0.1, 0.15) is 18.7 Å². The first-order chi connectivity index (χ1) is 13.8. The van der Waals surface area contributed by atoms with Gasteiger partial charge in [-0.05, 0) is 31.7 Å². The molecule has 2 N–H and O–H groups in total. The van der Waals surface area contributed by atoms with E-state index in [2.05, 4.69) is 42.9 Å². The van der Waals surface area contributed by atoms with Crippen molar-refractivity contribution in [3.05, 3.63) is 22.4 Å². The van der Waals surface area contributed by atoms with Gasteiger partial charge in [0.05, 0.1) is 6.54 Å². The molecule has 0 unspecified atom stereocenters. The highest BCUT2D eigenvalue weighted by Gasteiger charge is 2.21. The lowest BCUT2D eigenvalue weighted by Crippen LogP contribution is -2.54. The molecule has 1 aromatic heterocycles. The van der Waals surface area contributed by atoms with E-state index < -0.39 is 0 Å². The van der Waals surface area contributed by atoms with Gasteiger partial charge < -0.3 is 20.4 Å². The average molecular weight is 551 g/mol. The second-order valence-corrected chi connectivity index (χ2v) is 8.70. The number of likely N-dealkylation sites (N-methyl/N-ethyl adjacent to an activating group) is 1. The molecule has 1 saturated heterocycles. The van der Waals surface area contributed by atoms with Crippen LogP contribution in [0.3, 0.4) is 0 Å². The SMILES string of the molecule is CC(C)NC(=O)CN1CCN(C(=NCC(=O)N(C)C)NCCc2cccs2)CC1.I. The first-order valence-corrected chi connectivity index (χ1v) is 11.0. The number of piperazine rings is 1. The number of thiophene rings is 1. The second kappa shape index (κ2) is 13.8. The molecule has 10 heteroatoms. The maximum absolute atomic E-state index is 12.0. The average Bonchev–Trinajstić information content (AvgIpc) is 3.17. The number of amides is 2. The molecule has 1 fully saturated rings. The summed E-state index contributed by atoms with van der Waals surface area (Å²) < 4.78 is 0. The summed E-state index contributed by atoms with van der Waals surface area (Å²) in [5, 5.41) is 8.43. The number of aliphatic imine (C=N–C) groups is 1. The topological polar surface area (TPSA) is 80.3 Å². The smallest absolute Gasteiger partial charge is 0.243 e. The molecule has 0 atom stereocenters. The van der Waals surface area contributed by atoms with Gasteiger partial charge in [-0.15, -0.1) is 35.3 Å². The predicted octanol–water partition coefficient (Wildman–Crippen LogP) is 1.08. The monoisotopic (exact) mass is 550 g/mol. The van der Waals surface area contributed by atoms with Crippen LogP contribution >= 0.6 is 35.3 Å². The van der Waals surface area contributed by atoms with Crippen LogP contribution in [0.2, 0.25) is 0 Å². The minimum Gasteiger partial charge on any atom is -0.356 e. The summed E-state index contributed by atoms with van der Waals surface area (Å²) in [5.74, 6) is 0.808. The van der Waals surface area contributed by atoms with Crippen molar-refractivity contribution in [3.8, 4) is 0 Å². The van der Waals surface area contributed by atoms with E-state index in [1.165, 1.54) is 4.88 Å². The zero-order valence-corrected chi connectivity index (χ0v) is 21.5. The van der Waals surface area contributed by atoms with Gasteiger partial charge in [-0.3, -0.25) is 14.5 Å². The van der Waals surface area contributed by atoms with Gasteiger partial charge in [0.25, 0.3) is 0 Å². The normalized spacial score (nSPS) is 15.0. The molecule has 170 valence electrons. The number of hydrogen-bond acceptors (Lipinski definition) is 5. The number of guanidine groups is 1. The Morgan fingerprint density at radius 2 is 1.93 bits per heavy atom. The highest BCUT2D eigenvalue weighted by Crippen LogP contribution is 2.08. The fraction of sp³-hybridized carbons (Fsp3) is 0.650. The van der Waals surface area contributed by atoms with E-state index in [1.807, 2.05) is 13.8 Å². The van der Waals surface area contributed by atoms with Crippen molar-refractivity contribution in [1.82, 2.24) is 25.3 Å². The lowest BCUT2D eigenvalue weighted by Gasteiger charge is -2.36. The van der Waals surface area contributed by atoms with Crippen LogP contribution in [0.4, 0.5) is 0 Å². The summed E-state index contributed by atoms with van der Waals surface area (Å²) in [5.41, 5.74) is 0. The number of carbonyl (C=O) groups is 2. The van der Waals surface area contributed by atoms with Crippen molar-refractivity contribution in [1.29, 1.82) is 0 Å². The number of rotatable bonds is 8. The third-order valence-corrected chi connectivity index (χ3v) is 5.52. The van der Waals surface area contributed by atoms with Gasteiger partial charge in [-0.25, -0.2) is 4.99 Å². The molecule has 8 nitrogen and oxygen atoms in total. The van der Waals surface area contributed by atoms with Crippen molar-refractivity contribution < 1.29 is 9.59 Å². The van der Waals surface area contributed by atoms with E-state index in [0.29, 0.717) is 6.54 Å². The molecule has 1 aliphatic rings. The summed E-state index contributed by atoms with van der Waals surface area (Å²) in [7, 11) is 3.48. The number of nitrogens with zero attached hydrogens (tertiary/aromatic N) is 4. The van der Waals surface area contributed by atoms with Crippen molar-refractivity contribution in [2.24, 2.45) is 4.99 Å². The Morgan fingerprint density at radius 3 is 2.50 bits per heavy atom. The molecule has 1 aromatic rings. The van der Waals surface area contributed by atoms with Gasteiger partial charge in [-0.2, -0.15) is 0 Å². The molecule has 2 rings (SSSR count). The third kappa shape index (κ3) is 9.61. The predicted molar refractivity (Wildman–Crippen MR) is 134 cm³/mol. The minimum absolute atomic E-state index is 0. The minimum atomic E-state index is -0.0217. The van der Waals surface area contributed by atoms with E-state index in [1.54, 1.807) is 30.3 Å². The van der Waals surface area contributed by atoms with Crippen LogP contribution in [0.5, 0.6) is 0 Å². The Hall–Kier alpha value is -1.40. The van der Waals surface area contributed by atoms with Crippen molar-refractivity contribution in [2.75, 3.05) is 59.9 Å². The van der Waals surface area contributed by atoms with Crippen LogP contribution < -0.4 is 10.6 Å². The molecular formula is C20H35IN6O2S. The fourth-order valence-corrected chi connectivity index (χ4v) is 3.70. The zero-order valence-electron chi connectivity index (χ0n) is 18.4. The molecule has 0 aliphatic carbocycles. The maximum atomic E-state index is 12.0. The largest absolute Gasteiger partial charge is 0.356 e. The molecule has 0 aromatic carbocycles. The van der Waals surface area contributed by atoms with Crippen molar-refractivity contribution >= 4 is 53.1 Å². The number of halogens is 1. The number of nitrogens with one attached hydrogen (secondary N) is 2. The Balaban J connectivity index is 0.00000450. The molecule has 0 saturated carbocycles. The van der Waals surface area contributed by atoms with Gasteiger partial charge in [0.15, 0.2) is 5.96 Å². The van der Waals surface area contributed by atoms with E-state index in [4.69, 9.17) is 0 Å². The standard InChI is InChI=1S/C20H34N6O2S.HI/c1-16(2)23-18(27)15-25-9-11-26(12-10-25)20(22-14-19(28)24(3)4)21-8-7-17-6-5-13-29-17;/h5-6,13,16H,7-12,14-15H2,1-4H3,(H,21,22)(H,23,27);1H. The lowest BCUT2D eigenvalue weighted by molar-refractivity contribution is -0.127. The van der Waals surface area contributed by atoms with Crippen LogP contribution in [0.15, 0.2) is 22.5 Å². The number of hydrogen-bond donors (Lipinski definition) is 2. The highest BCUT2D eigenvalue weighted by atomic mass is 127. The Kier molecular flexibility index (Phi) is 12.3. The van der Waals surface area contributed by atoms with Gasteiger partial charge in [0, 0.05) is 57.7 Å². The van der Waals surface area contributed by atoms with Crippen LogP contribution in [0, 0.1) is 0 Å². The zero-order chi connectivity index (χ0) is 21.2. The molecule has 0 bridgehead atoms. The quantitative estimate of drug-likeness (QED) is 0.288. The summed E-state index contributed by atoms with van der Waals surface area (Å²) in [6, 6.07) is 4.34. The maximum Gasteiger partial charge on any atom is 0.243 e.